The maximum Gasteiger partial charge on any atom is 0.410 e. The Balaban J connectivity index is 1.51. The number of rotatable bonds is 12. The molecular formula is C30H43N9O6S. The summed E-state index contributed by atoms with van der Waals surface area (Å²) in [6, 6.07) is 7.93. The minimum atomic E-state index is -3.85. The number of sulfonamides is 1. The molecule has 0 aliphatic carbocycles. The lowest BCUT2D eigenvalue weighted by atomic mass is 10.1. The number of nitrogens with zero attached hydrogens (tertiary/aromatic N) is 5. The number of imidazole rings is 1. The number of primary sulfonamides is 1. The maximum absolute atomic E-state index is 12.3. The molecule has 7 N–H and O–H groups in total. The average molecular weight is 658 g/mol. The van der Waals surface area contributed by atoms with Crippen LogP contribution in [0.15, 0.2) is 47.4 Å². The molecule has 250 valence electrons. The molecule has 0 fully saturated rings. The van der Waals surface area contributed by atoms with Crippen LogP contribution in [0.25, 0.3) is 11.0 Å². The molecule has 46 heavy (non-hydrogen) atoms. The zero-order chi connectivity index (χ0) is 34.0. The van der Waals surface area contributed by atoms with E-state index in [-0.39, 0.29) is 29.3 Å². The van der Waals surface area contributed by atoms with Gasteiger partial charge in [-0.1, -0.05) is 12.2 Å². The monoisotopic (exact) mass is 657 g/mol. The predicted octanol–water partition coefficient (Wildman–Crippen LogP) is 2.02. The fraction of sp³-hybridized carbons (Fsp3) is 0.433. The van der Waals surface area contributed by atoms with Crippen molar-refractivity contribution >= 4 is 50.4 Å². The van der Waals surface area contributed by atoms with Crippen molar-refractivity contribution in [3.63, 3.8) is 0 Å². The van der Waals surface area contributed by atoms with Crippen LogP contribution in [0.3, 0.4) is 0 Å². The summed E-state index contributed by atoms with van der Waals surface area (Å²) in [6.45, 7) is 6.89. The molecule has 4 rings (SSSR count). The highest BCUT2D eigenvalue weighted by Gasteiger charge is 2.32. The van der Waals surface area contributed by atoms with Gasteiger partial charge in [0.15, 0.2) is 6.29 Å². The Morgan fingerprint density at radius 1 is 1.13 bits per heavy atom. The Morgan fingerprint density at radius 2 is 1.83 bits per heavy atom. The van der Waals surface area contributed by atoms with E-state index in [9.17, 15) is 18.0 Å². The predicted molar refractivity (Wildman–Crippen MR) is 177 cm³/mol. The molecule has 15 nitrogen and oxygen atoms in total. The van der Waals surface area contributed by atoms with Crippen LogP contribution in [-0.2, 0) is 21.3 Å². The second-order valence-electron chi connectivity index (χ2n) is 12.0. The van der Waals surface area contributed by atoms with Crippen molar-refractivity contribution in [2.75, 3.05) is 56.4 Å². The molecule has 0 radical (unpaired) electrons. The fourth-order valence-electron chi connectivity index (χ4n) is 5.19. The van der Waals surface area contributed by atoms with Crippen molar-refractivity contribution < 1.29 is 27.5 Å². The summed E-state index contributed by atoms with van der Waals surface area (Å²) in [5.74, 6) is -0.0129. The highest BCUT2D eigenvalue weighted by molar-refractivity contribution is 7.89. The zero-order valence-electron chi connectivity index (χ0n) is 27.0. The van der Waals surface area contributed by atoms with E-state index in [4.69, 9.17) is 26.1 Å². The van der Waals surface area contributed by atoms with Gasteiger partial charge in [-0.15, -0.1) is 0 Å². The van der Waals surface area contributed by atoms with Crippen molar-refractivity contribution in [3.8, 4) is 5.75 Å². The van der Waals surface area contributed by atoms with Crippen molar-refractivity contribution in [1.29, 1.82) is 0 Å². The smallest absolute Gasteiger partial charge is 0.410 e. The van der Waals surface area contributed by atoms with Crippen molar-refractivity contribution in [2.45, 2.75) is 50.5 Å². The lowest BCUT2D eigenvalue weighted by Crippen LogP contribution is -2.50. The van der Waals surface area contributed by atoms with Gasteiger partial charge in [-0.05, 0) is 64.6 Å². The van der Waals surface area contributed by atoms with Gasteiger partial charge in [0, 0.05) is 39.3 Å². The summed E-state index contributed by atoms with van der Waals surface area (Å²) < 4.78 is 37.1. The van der Waals surface area contributed by atoms with Crippen LogP contribution in [0.1, 0.15) is 37.6 Å². The number of carbonyl (C=O) groups is 2. The number of hydrogen-bond donors (Lipinski definition) is 4. The first-order valence-corrected chi connectivity index (χ1v) is 16.2. The number of fused-ring (bicyclic) bond motifs is 2. The number of anilines is 3. The van der Waals surface area contributed by atoms with E-state index in [1.807, 2.05) is 31.1 Å². The zero-order valence-corrected chi connectivity index (χ0v) is 27.8. The number of benzene rings is 2. The van der Waals surface area contributed by atoms with Gasteiger partial charge in [0.1, 0.15) is 16.9 Å². The minimum absolute atomic E-state index is 0.0420. The number of nitrogens with two attached hydrogens (primary N) is 3. The molecule has 0 spiro atoms. The molecule has 0 bridgehead atoms. The van der Waals surface area contributed by atoms with E-state index in [0.29, 0.717) is 42.8 Å². The van der Waals surface area contributed by atoms with Crippen LogP contribution in [0.5, 0.6) is 5.75 Å². The fourth-order valence-corrected chi connectivity index (χ4v) is 5.73. The summed E-state index contributed by atoms with van der Waals surface area (Å²) in [4.78, 5) is 34.3. The molecule has 0 saturated carbocycles. The molecule has 2 aromatic carbocycles. The number of ether oxygens (including phenoxy) is 2. The number of aromatic nitrogens is 2. The first-order chi connectivity index (χ1) is 21.5. The molecule has 1 unspecified atom stereocenters. The quantitative estimate of drug-likeness (QED) is 0.164. The standard InChI is InChI=1S/C30H43N9O6S/c1-30(2,3)45-29(41)36(5)12-9-15-44-24-17-19(26(31)40)16-21-25(24)39(27(32)35-21)14-8-7-13-38-22-11-10-20(46(33,42)43)18-23(22)37(6)28(38)34-4/h7-8,10-11,16-18,28,34H,9,12-15H2,1-6H3,(H2,31,40)(H2,32,35)(H2,33,42,43)/b8-7+. The summed E-state index contributed by atoms with van der Waals surface area (Å²) in [6.07, 6.45) is 3.75. The van der Waals surface area contributed by atoms with E-state index >= 15 is 0 Å². The van der Waals surface area contributed by atoms with Crippen LogP contribution in [0.4, 0.5) is 22.1 Å². The molecule has 0 saturated heterocycles. The summed E-state index contributed by atoms with van der Waals surface area (Å²) in [7, 11) is 1.49. The van der Waals surface area contributed by atoms with Gasteiger partial charge in [0.05, 0.1) is 28.4 Å². The Kier molecular flexibility index (Phi) is 10.0. The number of primary amides is 1. The Morgan fingerprint density at radius 3 is 2.46 bits per heavy atom. The van der Waals surface area contributed by atoms with Gasteiger partial charge in [-0.2, -0.15) is 0 Å². The summed E-state index contributed by atoms with van der Waals surface area (Å²) in [5, 5.41) is 8.59. The molecule has 1 aliphatic heterocycles. The summed E-state index contributed by atoms with van der Waals surface area (Å²) in [5.41, 5.74) is 14.1. The maximum atomic E-state index is 12.3. The highest BCUT2D eigenvalue weighted by Crippen LogP contribution is 2.39. The lowest BCUT2D eigenvalue weighted by Gasteiger charge is -2.29. The first-order valence-electron chi connectivity index (χ1n) is 14.7. The second-order valence-corrected chi connectivity index (χ2v) is 13.5. The highest BCUT2D eigenvalue weighted by atomic mass is 32.2. The van der Waals surface area contributed by atoms with E-state index < -0.39 is 27.6 Å². The van der Waals surface area contributed by atoms with Gasteiger partial charge >= 0.3 is 6.09 Å². The number of carbonyl (C=O) groups excluding carboxylic acids is 2. The minimum Gasteiger partial charge on any atom is -0.491 e. The number of allylic oxidation sites excluding steroid dienone is 1. The summed E-state index contributed by atoms with van der Waals surface area (Å²) >= 11 is 0. The molecular weight excluding hydrogens is 614 g/mol. The van der Waals surface area contributed by atoms with E-state index in [0.717, 1.165) is 11.4 Å². The van der Waals surface area contributed by atoms with Gasteiger partial charge in [-0.25, -0.2) is 23.3 Å². The van der Waals surface area contributed by atoms with Crippen molar-refractivity contribution in [2.24, 2.45) is 10.9 Å². The molecule has 16 heteroatoms. The molecule has 3 aromatic rings. The molecule has 1 atom stereocenters. The van der Waals surface area contributed by atoms with Gasteiger partial charge in [0.25, 0.3) is 0 Å². The topological polar surface area (TPSA) is 204 Å². The Hall–Kier alpha value is -4.54. The number of nitrogens with one attached hydrogen (secondary N) is 1. The van der Waals surface area contributed by atoms with E-state index in [1.165, 1.54) is 11.0 Å². The average Bonchev–Trinajstić information content (AvgIpc) is 3.43. The van der Waals surface area contributed by atoms with Crippen molar-refractivity contribution in [1.82, 2.24) is 19.8 Å². The third-order valence-corrected chi connectivity index (χ3v) is 8.27. The number of amides is 2. The third kappa shape index (κ3) is 7.63. The molecule has 1 aromatic heterocycles. The Bertz CT molecular complexity index is 1750. The number of hydrogen-bond acceptors (Lipinski definition) is 11. The van der Waals surface area contributed by atoms with E-state index in [2.05, 4.69) is 15.2 Å². The van der Waals surface area contributed by atoms with Crippen molar-refractivity contribution in [3.05, 3.63) is 48.0 Å². The normalized spacial score (nSPS) is 15.1. The van der Waals surface area contributed by atoms with Crippen LogP contribution in [0.2, 0.25) is 0 Å². The van der Waals surface area contributed by atoms with Gasteiger partial charge < -0.3 is 40.2 Å². The lowest BCUT2D eigenvalue weighted by molar-refractivity contribution is 0.0292. The van der Waals surface area contributed by atoms with Crippen LogP contribution < -0.4 is 36.5 Å². The first kappa shape index (κ1) is 34.3. The SMILES string of the molecule is CNC1N(C)c2cc(S(N)(=O)=O)ccc2N1C/C=C/Cn1c(N)nc2cc(C(N)=O)cc(OCCCN(C)C(=O)OC(C)(C)C)c21. The largest absolute Gasteiger partial charge is 0.491 e. The van der Waals surface area contributed by atoms with Crippen LogP contribution >= 0.6 is 0 Å². The van der Waals surface area contributed by atoms with Crippen LogP contribution in [-0.4, -0.2) is 87.6 Å². The second kappa shape index (κ2) is 13.4. The molecule has 2 heterocycles. The van der Waals surface area contributed by atoms with E-state index in [1.54, 1.807) is 56.7 Å². The Labute approximate surface area is 268 Å². The van der Waals surface area contributed by atoms with Gasteiger partial charge in [-0.3, -0.25) is 10.1 Å². The van der Waals surface area contributed by atoms with Crippen LogP contribution in [0, 0.1) is 0 Å². The molecule has 1 aliphatic rings. The molecule has 2 amide bonds. The third-order valence-electron chi connectivity index (χ3n) is 7.36. The number of nitrogen functional groups attached to an aromatic ring is 1. The van der Waals surface area contributed by atoms with Gasteiger partial charge in [0.2, 0.25) is 21.9 Å².